The Labute approximate surface area is 203 Å². The summed E-state index contributed by atoms with van der Waals surface area (Å²) < 4.78 is 35.2. The van der Waals surface area contributed by atoms with Gasteiger partial charge in [-0.1, -0.05) is 0 Å². The van der Waals surface area contributed by atoms with Crippen LogP contribution in [0, 0.1) is 17.2 Å². The number of pyridine rings is 1. The van der Waals surface area contributed by atoms with Crippen LogP contribution in [0.1, 0.15) is 39.2 Å². The topological polar surface area (TPSA) is 133 Å². The Morgan fingerprint density at radius 3 is 2.71 bits per heavy atom. The molecule has 0 aliphatic carbocycles. The van der Waals surface area contributed by atoms with Crippen molar-refractivity contribution in [1.82, 2.24) is 19.1 Å². The highest BCUT2D eigenvalue weighted by Gasteiger charge is 2.40. The lowest BCUT2D eigenvalue weighted by molar-refractivity contribution is 0.0359. The monoisotopic (exact) mass is 496 g/mol. The second-order valence-corrected chi connectivity index (χ2v) is 11.5. The standard InChI is InChI=1S/C24H28N6O4S/c1-24(2)10-3-12-29(24)35(32,33)18-6-4-17(5-7-18)27-22-21-19(8-11-26-23(21)31)30(28-22)20-15-34-13-9-16(20)14-25/h4-8,11,16,20H,3,9-10,12-13,15H2,1-2H3,(H,26,31)(H,27,28). The molecule has 3 aromatic rings. The number of sulfonamides is 1. The van der Waals surface area contributed by atoms with Gasteiger partial charge in [-0.2, -0.15) is 14.7 Å². The number of nitrogens with one attached hydrogen (secondary N) is 2. The molecule has 0 spiro atoms. The van der Waals surface area contributed by atoms with Gasteiger partial charge in [0.05, 0.1) is 35.0 Å². The van der Waals surface area contributed by atoms with Crippen LogP contribution < -0.4 is 10.9 Å². The molecule has 2 unspecified atom stereocenters. The molecule has 2 atom stereocenters. The molecule has 10 nitrogen and oxygen atoms in total. The largest absolute Gasteiger partial charge is 0.379 e. The summed E-state index contributed by atoms with van der Waals surface area (Å²) in [5.41, 5.74) is 0.475. The highest BCUT2D eigenvalue weighted by atomic mass is 32.2. The summed E-state index contributed by atoms with van der Waals surface area (Å²) in [6, 6.07) is 10.2. The zero-order valence-electron chi connectivity index (χ0n) is 19.7. The molecule has 11 heteroatoms. The molecule has 0 radical (unpaired) electrons. The Morgan fingerprint density at radius 2 is 2.03 bits per heavy atom. The number of fused-ring (bicyclic) bond motifs is 1. The van der Waals surface area contributed by atoms with Crippen LogP contribution in [-0.2, 0) is 14.8 Å². The van der Waals surface area contributed by atoms with E-state index in [1.54, 1.807) is 45.5 Å². The Hall–Kier alpha value is -3.20. The smallest absolute Gasteiger partial charge is 0.261 e. The van der Waals surface area contributed by atoms with Gasteiger partial charge in [0.1, 0.15) is 5.39 Å². The minimum atomic E-state index is -3.61. The lowest BCUT2D eigenvalue weighted by atomic mass is 9.96. The van der Waals surface area contributed by atoms with Gasteiger partial charge in [0.2, 0.25) is 10.0 Å². The van der Waals surface area contributed by atoms with Crippen LogP contribution in [-0.4, -0.2) is 52.8 Å². The van der Waals surface area contributed by atoms with E-state index in [0.29, 0.717) is 48.6 Å². The van der Waals surface area contributed by atoms with Crippen LogP contribution in [0.25, 0.3) is 10.9 Å². The van der Waals surface area contributed by atoms with E-state index in [0.717, 1.165) is 12.8 Å². The maximum atomic E-state index is 13.2. The quantitative estimate of drug-likeness (QED) is 0.554. The molecular formula is C24H28N6O4S. The van der Waals surface area contributed by atoms with Crippen molar-refractivity contribution in [2.75, 3.05) is 25.1 Å². The third-order valence-electron chi connectivity index (χ3n) is 6.97. The number of rotatable bonds is 5. The van der Waals surface area contributed by atoms with E-state index >= 15 is 0 Å². The lowest BCUT2D eigenvalue weighted by Gasteiger charge is -2.30. The van der Waals surface area contributed by atoms with Crippen molar-refractivity contribution in [2.24, 2.45) is 5.92 Å². The van der Waals surface area contributed by atoms with Gasteiger partial charge >= 0.3 is 0 Å². The second kappa shape index (κ2) is 8.78. The van der Waals surface area contributed by atoms with Crippen molar-refractivity contribution < 1.29 is 13.2 Å². The number of benzene rings is 1. The van der Waals surface area contributed by atoms with E-state index in [2.05, 4.69) is 21.5 Å². The Balaban J connectivity index is 1.48. The SMILES string of the molecule is CC1(C)CCCN1S(=O)(=O)c1ccc(Nc2nn(C3COCCC3C#N)c3cc[nH]c(=O)c23)cc1. The number of ether oxygens (including phenoxy) is 1. The van der Waals surface area contributed by atoms with E-state index in [1.165, 1.54) is 0 Å². The van der Waals surface area contributed by atoms with Gasteiger partial charge in [0.15, 0.2) is 5.82 Å². The Bertz CT molecular complexity index is 1450. The van der Waals surface area contributed by atoms with Crippen molar-refractivity contribution >= 4 is 32.4 Å². The van der Waals surface area contributed by atoms with E-state index in [4.69, 9.17) is 4.74 Å². The third kappa shape index (κ3) is 4.11. The van der Waals surface area contributed by atoms with E-state index in [1.807, 2.05) is 13.8 Å². The molecule has 0 bridgehead atoms. The lowest BCUT2D eigenvalue weighted by Crippen LogP contribution is -2.42. The van der Waals surface area contributed by atoms with E-state index in [-0.39, 0.29) is 22.4 Å². The summed E-state index contributed by atoms with van der Waals surface area (Å²) in [5, 5.41) is 17.8. The highest BCUT2D eigenvalue weighted by Crippen LogP contribution is 2.35. The van der Waals surface area contributed by atoms with E-state index in [9.17, 15) is 18.5 Å². The Morgan fingerprint density at radius 1 is 1.26 bits per heavy atom. The van der Waals surface area contributed by atoms with Crippen molar-refractivity contribution in [1.29, 1.82) is 5.26 Å². The Kier molecular flexibility index (Phi) is 5.91. The predicted octanol–water partition coefficient (Wildman–Crippen LogP) is 3.13. The molecule has 2 aliphatic rings. The third-order valence-corrected chi connectivity index (χ3v) is 9.09. The molecule has 184 valence electrons. The molecular weight excluding hydrogens is 468 g/mol. The molecule has 2 aromatic heterocycles. The van der Waals surface area contributed by atoms with E-state index < -0.39 is 15.6 Å². The van der Waals surface area contributed by atoms with Crippen molar-refractivity contribution in [3.63, 3.8) is 0 Å². The molecule has 0 amide bonds. The zero-order chi connectivity index (χ0) is 24.8. The van der Waals surface area contributed by atoms with Crippen LogP contribution in [0.2, 0.25) is 0 Å². The number of nitriles is 1. The van der Waals surface area contributed by atoms with Crippen LogP contribution in [0.5, 0.6) is 0 Å². The molecule has 2 saturated heterocycles. The molecule has 5 rings (SSSR count). The first-order valence-electron chi connectivity index (χ1n) is 11.7. The first kappa shape index (κ1) is 23.5. The molecule has 1 aromatic carbocycles. The number of hydrogen-bond donors (Lipinski definition) is 2. The molecule has 0 saturated carbocycles. The van der Waals surface area contributed by atoms with Gasteiger partial charge in [-0.25, -0.2) is 8.42 Å². The normalized spacial score (nSPS) is 22.8. The van der Waals surface area contributed by atoms with Crippen molar-refractivity contribution in [2.45, 2.75) is 49.6 Å². The van der Waals surface area contributed by atoms with Gasteiger partial charge in [0, 0.05) is 30.6 Å². The minimum absolute atomic E-state index is 0.225. The average molecular weight is 497 g/mol. The maximum absolute atomic E-state index is 13.2. The zero-order valence-corrected chi connectivity index (χ0v) is 20.5. The molecule has 4 heterocycles. The summed E-state index contributed by atoms with van der Waals surface area (Å²) >= 11 is 0. The summed E-state index contributed by atoms with van der Waals surface area (Å²) in [6.45, 7) is 5.25. The van der Waals surface area contributed by atoms with Gasteiger partial charge in [0.25, 0.3) is 5.56 Å². The average Bonchev–Trinajstić information content (AvgIpc) is 3.40. The fourth-order valence-electron chi connectivity index (χ4n) is 5.06. The number of anilines is 2. The van der Waals surface area contributed by atoms with Gasteiger partial charge in [-0.3, -0.25) is 9.48 Å². The van der Waals surface area contributed by atoms with Crippen LogP contribution in [0.3, 0.4) is 0 Å². The van der Waals surface area contributed by atoms with Gasteiger partial charge < -0.3 is 15.0 Å². The van der Waals surface area contributed by atoms with Crippen molar-refractivity contribution in [3.05, 3.63) is 46.9 Å². The van der Waals surface area contributed by atoms with Crippen LogP contribution >= 0.6 is 0 Å². The minimum Gasteiger partial charge on any atom is -0.379 e. The molecule has 2 N–H and O–H groups in total. The number of nitrogens with zero attached hydrogens (tertiary/aromatic N) is 4. The van der Waals surface area contributed by atoms with Gasteiger partial charge in [-0.15, -0.1) is 0 Å². The first-order chi connectivity index (χ1) is 16.7. The first-order valence-corrected chi connectivity index (χ1v) is 13.1. The molecule has 2 fully saturated rings. The number of H-pyrrole nitrogens is 1. The molecule has 35 heavy (non-hydrogen) atoms. The number of aromatic nitrogens is 3. The van der Waals surface area contributed by atoms with Crippen molar-refractivity contribution in [3.8, 4) is 6.07 Å². The van der Waals surface area contributed by atoms with Crippen LogP contribution in [0.4, 0.5) is 11.5 Å². The number of aromatic amines is 1. The summed E-state index contributed by atoms with van der Waals surface area (Å²) in [5.74, 6) is 0.0544. The van der Waals surface area contributed by atoms with Gasteiger partial charge in [-0.05, 0) is 63.4 Å². The maximum Gasteiger partial charge on any atom is 0.261 e. The highest BCUT2D eigenvalue weighted by molar-refractivity contribution is 7.89. The molecule has 2 aliphatic heterocycles. The summed E-state index contributed by atoms with van der Waals surface area (Å²) in [4.78, 5) is 15.6. The predicted molar refractivity (Wildman–Crippen MR) is 131 cm³/mol. The fourth-order valence-corrected chi connectivity index (χ4v) is 6.90. The fraction of sp³-hybridized carbons (Fsp3) is 0.458. The summed E-state index contributed by atoms with van der Waals surface area (Å²) in [6.07, 6.45) is 3.82. The second-order valence-electron chi connectivity index (χ2n) is 9.67. The summed E-state index contributed by atoms with van der Waals surface area (Å²) in [7, 11) is -3.61. The van der Waals surface area contributed by atoms with Crippen LogP contribution in [0.15, 0.2) is 46.2 Å². The number of hydrogen-bond acceptors (Lipinski definition) is 7.